The van der Waals surface area contributed by atoms with Crippen LogP contribution in [0.5, 0.6) is 11.5 Å². The van der Waals surface area contributed by atoms with Crippen LogP contribution in [-0.4, -0.2) is 18.1 Å². The van der Waals surface area contributed by atoms with Gasteiger partial charge in [0, 0.05) is 6.07 Å². The molecule has 0 radical (unpaired) electrons. The molecule has 0 fully saturated rings. The first kappa shape index (κ1) is 14.3. The Morgan fingerprint density at radius 3 is 2.62 bits per heavy atom. The molecule has 2 rings (SSSR count). The highest BCUT2D eigenvalue weighted by Crippen LogP contribution is 2.19. The Morgan fingerprint density at radius 2 is 1.86 bits per heavy atom. The molecule has 0 N–H and O–H groups in total. The van der Waals surface area contributed by atoms with Crippen LogP contribution in [0.1, 0.15) is 5.56 Å². The number of nitriles is 1. The molecule has 0 bridgehead atoms. The van der Waals surface area contributed by atoms with Crippen LogP contribution in [0.15, 0.2) is 48.5 Å². The lowest BCUT2D eigenvalue weighted by Gasteiger charge is -2.09. The second-order valence-corrected chi connectivity index (χ2v) is 4.06. The van der Waals surface area contributed by atoms with E-state index in [0.717, 1.165) is 0 Å². The number of hydrogen-bond donors (Lipinski definition) is 0. The van der Waals surface area contributed by atoms with Gasteiger partial charge in [-0.2, -0.15) is 5.26 Å². The lowest BCUT2D eigenvalue weighted by Crippen LogP contribution is -2.09. The molecule has 0 unspecified atom stereocenters. The summed E-state index contributed by atoms with van der Waals surface area (Å²) in [4.78, 5) is 10.2. The minimum atomic E-state index is -0.480. The molecule has 0 aliphatic heterocycles. The second kappa shape index (κ2) is 6.91. The van der Waals surface area contributed by atoms with Gasteiger partial charge in [0.15, 0.2) is 0 Å². The summed E-state index contributed by atoms with van der Waals surface area (Å²) in [5, 5.41) is 19.5. The number of para-hydroxylation sites is 1. The van der Waals surface area contributed by atoms with Crippen molar-refractivity contribution in [1.82, 2.24) is 0 Å². The largest absolute Gasteiger partial charge is 0.490 e. The summed E-state index contributed by atoms with van der Waals surface area (Å²) in [6, 6.07) is 14.9. The second-order valence-electron chi connectivity index (χ2n) is 4.06. The van der Waals surface area contributed by atoms with Crippen LogP contribution in [0.3, 0.4) is 0 Å². The molecule has 0 aliphatic rings. The molecule has 0 amide bonds. The topological polar surface area (TPSA) is 85.4 Å². The third-order valence-corrected chi connectivity index (χ3v) is 2.65. The SMILES string of the molecule is N#Cc1ccccc1OCCOc1cccc([N+](=O)[O-])c1. The van der Waals surface area contributed by atoms with Gasteiger partial charge in [-0.05, 0) is 18.2 Å². The summed E-state index contributed by atoms with van der Waals surface area (Å²) < 4.78 is 10.8. The van der Waals surface area contributed by atoms with E-state index in [1.807, 2.05) is 6.07 Å². The smallest absolute Gasteiger partial charge is 0.273 e. The molecule has 0 saturated heterocycles. The highest BCUT2D eigenvalue weighted by molar-refractivity contribution is 5.42. The average molecular weight is 284 g/mol. The number of nitro benzene ring substituents is 1. The monoisotopic (exact) mass is 284 g/mol. The summed E-state index contributed by atoms with van der Waals surface area (Å²) in [7, 11) is 0. The molecule has 0 aromatic heterocycles. The van der Waals surface area contributed by atoms with Crippen molar-refractivity contribution < 1.29 is 14.4 Å². The van der Waals surface area contributed by atoms with Gasteiger partial charge in [-0.1, -0.05) is 18.2 Å². The average Bonchev–Trinajstić information content (AvgIpc) is 2.52. The molecule has 0 aliphatic carbocycles. The van der Waals surface area contributed by atoms with Gasteiger partial charge < -0.3 is 9.47 Å². The normalized spacial score (nSPS) is 9.67. The van der Waals surface area contributed by atoms with E-state index in [4.69, 9.17) is 14.7 Å². The number of benzene rings is 2. The molecule has 0 atom stereocenters. The summed E-state index contributed by atoms with van der Waals surface area (Å²) in [5.41, 5.74) is 0.427. The maximum atomic E-state index is 10.6. The summed E-state index contributed by atoms with van der Waals surface area (Å²) in [6.45, 7) is 0.461. The molecule has 6 heteroatoms. The van der Waals surface area contributed by atoms with Crippen LogP contribution in [0.4, 0.5) is 5.69 Å². The van der Waals surface area contributed by atoms with Crippen molar-refractivity contribution in [2.24, 2.45) is 0 Å². The van der Waals surface area contributed by atoms with Crippen LogP contribution in [-0.2, 0) is 0 Å². The van der Waals surface area contributed by atoms with Gasteiger partial charge in [0.05, 0.1) is 16.6 Å². The third kappa shape index (κ3) is 3.94. The Kier molecular flexibility index (Phi) is 4.72. The Morgan fingerprint density at radius 1 is 1.10 bits per heavy atom. The zero-order valence-corrected chi connectivity index (χ0v) is 11.1. The Bertz CT molecular complexity index is 679. The molecule has 0 spiro atoms. The zero-order valence-electron chi connectivity index (χ0n) is 11.1. The van der Waals surface area contributed by atoms with Crippen molar-refractivity contribution in [2.45, 2.75) is 0 Å². The van der Waals surface area contributed by atoms with E-state index in [1.165, 1.54) is 12.1 Å². The molecule has 0 heterocycles. The fourth-order valence-corrected chi connectivity index (χ4v) is 1.68. The van der Waals surface area contributed by atoms with Crippen molar-refractivity contribution >= 4 is 5.69 Å². The third-order valence-electron chi connectivity index (χ3n) is 2.65. The summed E-state index contributed by atoms with van der Waals surface area (Å²) in [6.07, 6.45) is 0. The van der Waals surface area contributed by atoms with E-state index in [1.54, 1.807) is 36.4 Å². The number of hydrogen-bond acceptors (Lipinski definition) is 5. The van der Waals surface area contributed by atoms with Crippen LogP contribution < -0.4 is 9.47 Å². The van der Waals surface area contributed by atoms with Gasteiger partial charge in [0.2, 0.25) is 0 Å². The number of ether oxygens (including phenoxy) is 2. The minimum Gasteiger partial charge on any atom is -0.490 e. The quantitative estimate of drug-likeness (QED) is 0.462. The maximum Gasteiger partial charge on any atom is 0.273 e. The highest BCUT2D eigenvalue weighted by atomic mass is 16.6. The van der Waals surface area contributed by atoms with E-state index in [-0.39, 0.29) is 18.9 Å². The molecule has 6 nitrogen and oxygen atoms in total. The summed E-state index contributed by atoms with van der Waals surface area (Å²) >= 11 is 0. The number of nitrogens with zero attached hydrogens (tertiary/aromatic N) is 2. The lowest BCUT2D eigenvalue weighted by atomic mass is 10.2. The standard InChI is InChI=1S/C15H12N2O4/c16-11-12-4-1-2-7-15(12)21-9-8-20-14-6-3-5-13(10-14)17(18)19/h1-7,10H,8-9H2. The van der Waals surface area contributed by atoms with Gasteiger partial charge in [0.1, 0.15) is 30.8 Å². The molecule has 106 valence electrons. The Hall–Kier alpha value is -3.07. The van der Waals surface area contributed by atoms with Crippen molar-refractivity contribution in [2.75, 3.05) is 13.2 Å². The minimum absolute atomic E-state index is 0.0248. The fraction of sp³-hybridized carbons (Fsp3) is 0.133. The van der Waals surface area contributed by atoms with E-state index >= 15 is 0 Å². The van der Waals surface area contributed by atoms with E-state index < -0.39 is 4.92 Å². The van der Waals surface area contributed by atoms with Crippen molar-refractivity contribution in [1.29, 1.82) is 5.26 Å². The maximum absolute atomic E-state index is 10.6. The highest BCUT2D eigenvalue weighted by Gasteiger charge is 2.06. The predicted octanol–water partition coefficient (Wildman–Crippen LogP) is 2.92. The van der Waals surface area contributed by atoms with Crippen LogP contribution in [0.25, 0.3) is 0 Å². The first-order chi connectivity index (χ1) is 10.2. The van der Waals surface area contributed by atoms with E-state index in [0.29, 0.717) is 17.1 Å². The molecule has 21 heavy (non-hydrogen) atoms. The van der Waals surface area contributed by atoms with Crippen molar-refractivity contribution in [3.05, 3.63) is 64.2 Å². The van der Waals surface area contributed by atoms with Gasteiger partial charge in [-0.15, -0.1) is 0 Å². The molecule has 2 aromatic carbocycles. The molecular weight excluding hydrogens is 272 g/mol. The van der Waals surface area contributed by atoms with E-state index in [9.17, 15) is 10.1 Å². The first-order valence-corrected chi connectivity index (χ1v) is 6.20. The fourth-order valence-electron chi connectivity index (χ4n) is 1.68. The zero-order chi connectivity index (χ0) is 15.1. The number of nitro groups is 1. The van der Waals surface area contributed by atoms with Crippen molar-refractivity contribution in [3.8, 4) is 17.6 Å². The van der Waals surface area contributed by atoms with E-state index in [2.05, 4.69) is 0 Å². The van der Waals surface area contributed by atoms with Crippen LogP contribution in [0.2, 0.25) is 0 Å². The van der Waals surface area contributed by atoms with Gasteiger partial charge in [0.25, 0.3) is 5.69 Å². The van der Waals surface area contributed by atoms with Gasteiger partial charge >= 0.3 is 0 Å². The van der Waals surface area contributed by atoms with Gasteiger partial charge in [-0.25, -0.2) is 0 Å². The number of non-ortho nitro benzene ring substituents is 1. The Balaban J connectivity index is 1.86. The first-order valence-electron chi connectivity index (χ1n) is 6.20. The van der Waals surface area contributed by atoms with Crippen molar-refractivity contribution in [3.63, 3.8) is 0 Å². The molecular formula is C15H12N2O4. The van der Waals surface area contributed by atoms with Gasteiger partial charge in [-0.3, -0.25) is 10.1 Å². The lowest BCUT2D eigenvalue weighted by molar-refractivity contribution is -0.384. The number of rotatable bonds is 6. The summed E-state index contributed by atoms with van der Waals surface area (Å²) in [5.74, 6) is 0.893. The Labute approximate surface area is 121 Å². The predicted molar refractivity (Wildman–Crippen MR) is 75.2 cm³/mol. The van der Waals surface area contributed by atoms with Crippen LogP contribution >= 0.6 is 0 Å². The molecule has 2 aromatic rings. The van der Waals surface area contributed by atoms with Crippen LogP contribution in [0, 0.1) is 21.4 Å². The molecule has 0 saturated carbocycles.